The van der Waals surface area contributed by atoms with Crippen molar-refractivity contribution in [1.29, 1.82) is 0 Å². The number of aromatic hydroxyl groups is 1. The molecule has 0 aliphatic rings. The van der Waals surface area contributed by atoms with Crippen LogP contribution in [0.4, 0.5) is 11.5 Å². The highest BCUT2D eigenvalue weighted by Gasteiger charge is 2.26. The first-order valence-electron chi connectivity index (χ1n) is 5.18. The van der Waals surface area contributed by atoms with Crippen molar-refractivity contribution < 1.29 is 23.4 Å². The Morgan fingerprint density at radius 2 is 2.05 bits per heavy atom. The summed E-state index contributed by atoms with van der Waals surface area (Å²) in [7, 11) is -2.49. The zero-order valence-electron chi connectivity index (χ0n) is 10.9. The van der Waals surface area contributed by atoms with Gasteiger partial charge in [-0.2, -0.15) is 0 Å². The Labute approximate surface area is 115 Å². The van der Waals surface area contributed by atoms with Crippen LogP contribution in [0.15, 0.2) is 11.6 Å². The number of aliphatic imine (C=N–C) groups is 1. The molecule has 1 aromatic heterocycles. The second-order valence-corrected chi connectivity index (χ2v) is 5.81. The lowest BCUT2D eigenvalue weighted by atomic mass is 10.1. The molecule has 0 saturated heterocycles. The van der Waals surface area contributed by atoms with Crippen LogP contribution < -0.4 is 4.31 Å². The molecule has 0 aliphatic heterocycles. The molecule has 1 heterocycles. The number of nitrogens with zero attached hydrogens (tertiary/aromatic N) is 3. The fraction of sp³-hybridized carbons (Fsp3) is 0.182. The maximum Gasteiger partial charge on any atom is 0.358 e. The van der Waals surface area contributed by atoms with E-state index in [-0.39, 0.29) is 17.1 Å². The molecule has 9 heteroatoms. The number of aromatic nitrogens is 1. The molecule has 0 amide bonds. The largest absolute Gasteiger partial charge is 0.504 e. The second-order valence-electron chi connectivity index (χ2n) is 3.79. The van der Waals surface area contributed by atoms with Crippen molar-refractivity contribution in [2.75, 3.05) is 17.6 Å². The molecule has 0 aliphatic carbocycles. The van der Waals surface area contributed by atoms with Gasteiger partial charge in [-0.25, -0.2) is 18.2 Å². The van der Waals surface area contributed by atoms with Crippen LogP contribution in [0.2, 0.25) is 0 Å². The molecule has 2 N–H and O–H groups in total. The van der Waals surface area contributed by atoms with Crippen molar-refractivity contribution in [3.8, 4) is 5.75 Å². The van der Waals surface area contributed by atoms with Crippen molar-refractivity contribution >= 4 is 40.3 Å². The second kappa shape index (κ2) is 5.29. The number of pyridine rings is 1. The van der Waals surface area contributed by atoms with Crippen LogP contribution >= 0.6 is 0 Å². The van der Waals surface area contributed by atoms with Gasteiger partial charge in [-0.15, -0.1) is 0 Å². The number of anilines is 1. The van der Waals surface area contributed by atoms with Gasteiger partial charge in [0.15, 0.2) is 17.3 Å². The van der Waals surface area contributed by atoms with Gasteiger partial charge < -0.3 is 10.2 Å². The molecule has 0 spiro atoms. The Bertz CT molecular complexity index is 697. The van der Waals surface area contributed by atoms with Gasteiger partial charge in [0.2, 0.25) is 10.0 Å². The summed E-state index contributed by atoms with van der Waals surface area (Å²) in [5.41, 5.74) is -0.850. The molecule has 1 rings (SSSR count). The summed E-state index contributed by atoms with van der Waals surface area (Å²) in [6.45, 7) is 6.69. The summed E-state index contributed by atoms with van der Waals surface area (Å²) < 4.78 is 23.9. The number of carboxylic acids is 1. The predicted octanol–water partition coefficient (Wildman–Crippen LogP) is 0.856. The number of hydrogen-bond acceptors (Lipinski definition) is 6. The number of hydrogen-bond donors (Lipinski definition) is 2. The van der Waals surface area contributed by atoms with Crippen molar-refractivity contribution in [3.63, 3.8) is 0 Å². The van der Waals surface area contributed by atoms with Crippen molar-refractivity contribution in [2.45, 2.75) is 0 Å². The monoisotopic (exact) mass is 299 g/mol. The summed E-state index contributed by atoms with van der Waals surface area (Å²) in [6.07, 6.45) is 2.13. The van der Waals surface area contributed by atoms with E-state index < -0.39 is 27.4 Å². The summed E-state index contributed by atoms with van der Waals surface area (Å²) in [6, 6.07) is 0. The summed E-state index contributed by atoms with van der Waals surface area (Å²) in [5, 5.41) is 18.8. The first-order valence-corrected chi connectivity index (χ1v) is 7.03. The molecule has 108 valence electrons. The Balaban J connectivity index is 3.84. The quantitative estimate of drug-likeness (QED) is 0.778. The molecule has 0 radical (unpaired) electrons. The average Bonchev–Trinajstić information content (AvgIpc) is 2.35. The normalized spacial score (nSPS) is 10.9. The van der Waals surface area contributed by atoms with Gasteiger partial charge in [-0.05, 0) is 6.72 Å². The van der Waals surface area contributed by atoms with Crippen LogP contribution in [0.25, 0.3) is 6.08 Å². The van der Waals surface area contributed by atoms with Crippen LogP contribution in [0.5, 0.6) is 5.75 Å². The highest BCUT2D eigenvalue weighted by molar-refractivity contribution is 7.92. The number of aromatic carboxylic acids is 1. The fourth-order valence-corrected chi connectivity index (χ4v) is 1.91. The highest BCUT2D eigenvalue weighted by Crippen LogP contribution is 2.39. The van der Waals surface area contributed by atoms with E-state index in [4.69, 9.17) is 5.11 Å². The lowest BCUT2D eigenvalue weighted by Crippen LogP contribution is -2.27. The van der Waals surface area contributed by atoms with E-state index in [0.29, 0.717) is 0 Å². The summed E-state index contributed by atoms with van der Waals surface area (Å²) >= 11 is 0. The lowest BCUT2D eigenvalue weighted by molar-refractivity contribution is 0.0687. The molecule has 20 heavy (non-hydrogen) atoms. The molecular formula is C11H13N3O5S. The van der Waals surface area contributed by atoms with E-state index in [1.54, 1.807) is 0 Å². The third-order valence-corrected chi connectivity index (χ3v) is 3.69. The Hall–Kier alpha value is -2.42. The minimum atomic E-state index is -3.68. The van der Waals surface area contributed by atoms with Gasteiger partial charge in [0.05, 0.1) is 6.26 Å². The SMILES string of the molecule is C=Cc1c(N(C)S(C)(=O)=O)nc(C(=O)O)c(O)c1N=C. The van der Waals surface area contributed by atoms with Gasteiger partial charge in [0.25, 0.3) is 0 Å². The van der Waals surface area contributed by atoms with E-state index in [0.717, 1.165) is 10.6 Å². The maximum atomic E-state index is 11.6. The molecular weight excluding hydrogens is 286 g/mol. The van der Waals surface area contributed by atoms with E-state index in [9.17, 15) is 18.3 Å². The van der Waals surface area contributed by atoms with Crippen molar-refractivity contribution in [1.82, 2.24) is 4.98 Å². The first-order chi connectivity index (χ1) is 9.15. The average molecular weight is 299 g/mol. The van der Waals surface area contributed by atoms with E-state index in [2.05, 4.69) is 23.3 Å². The molecule has 0 saturated carbocycles. The van der Waals surface area contributed by atoms with Crippen LogP contribution in [0.1, 0.15) is 16.1 Å². The van der Waals surface area contributed by atoms with Crippen LogP contribution in [-0.4, -0.2) is 49.6 Å². The van der Waals surface area contributed by atoms with Crippen molar-refractivity contribution in [2.24, 2.45) is 4.99 Å². The van der Waals surface area contributed by atoms with Gasteiger partial charge in [-0.3, -0.25) is 9.30 Å². The number of sulfonamides is 1. The third kappa shape index (κ3) is 2.62. The summed E-state index contributed by atoms with van der Waals surface area (Å²) in [4.78, 5) is 18.2. The van der Waals surface area contributed by atoms with Gasteiger partial charge >= 0.3 is 5.97 Å². The minimum absolute atomic E-state index is 0.0652. The number of rotatable bonds is 5. The highest BCUT2D eigenvalue weighted by atomic mass is 32.2. The third-order valence-electron chi connectivity index (χ3n) is 2.52. The van der Waals surface area contributed by atoms with Crippen molar-refractivity contribution in [3.05, 3.63) is 17.8 Å². The van der Waals surface area contributed by atoms with E-state index in [1.165, 1.54) is 13.1 Å². The maximum absolute atomic E-state index is 11.6. The van der Waals surface area contributed by atoms with E-state index in [1.807, 2.05) is 0 Å². The lowest BCUT2D eigenvalue weighted by Gasteiger charge is -2.20. The van der Waals surface area contributed by atoms with Crippen LogP contribution in [-0.2, 0) is 10.0 Å². The molecule has 0 unspecified atom stereocenters. The zero-order chi connectivity index (χ0) is 15.7. The summed E-state index contributed by atoms with van der Waals surface area (Å²) in [5.74, 6) is -2.43. The molecule has 8 nitrogen and oxygen atoms in total. The number of carbonyl (C=O) groups is 1. The minimum Gasteiger partial charge on any atom is -0.504 e. The van der Waals surface area contributed by atoms with E-state index >= 15 is 0 Å². The molecule has 0 bridgehead atoms. The van der Waals surface area contributed by atoms with Crippen LogP contribution in [0, 0.1) is 0 Å². The molecule has 0 fully saturated rings. The molecule has 0 atom stereocenters. The topological polar surface area (TPSA) is 120 Å². The zero-order valence-corrected chi connectivity index (χ0v) is 11.7. The standard InChI is InChI=1S/C11H13N3O5S/c1-5-6-7(12-2)9(15)8(11(16)17)13-10(6)14(3)20(4,18)19/h5,15H,1-2H2,3-4H3,(H,16,17). The smallest absolute Gasteiger partial charge is 0.358 e. The van der Waals surface area contributed by atoms with Gasteiger partial charge in [-0.1, -0.05) is 12.7 Å². The molecule has 0 aromatic carbocycles. The Kier molecular flexibility index (Phi) is 4.14. The van der Waals surface area contributed by atoms with Crippen LogP contribution in [0.3, 0.4) is 0 Å². The van der Waals surface area contributed by atoms with Gasteiger partial charge in [0, 0.05) is 12.6 Å². The van der Waals surface area contributed by atoms with Gasteiger partial charge in [0.1, 0.15) is 5.69 Å². The Morgan fingerprint density at radius 3 is 2.40 bits per heavy atom. The molecule has 1 aromatic rings. The Morgan fingerprint density at radius 1 is 1.50 bits per heavy atom. The number of carboxylic acid groups (broad SMARTS) is 1. The first kappa shape index (κ1) is 15.6. The fourth-order valence-electron chi connectivity index (χ4n) is 1.46. The predicted molar refractivity (Wildman–Crippen MR) is 75.4 cm³/mol.